The molecule has 7 heteroatoms. The zero-order valence-corrected chi connectivity index (χ0v) is 14.8. The van der Waals surface area contributed by atoms with E-state index in [1.165, 1.54) is 6.07 Å². The summed E-state index contributed by atoms with van der Waals surface area (Å²) in [7, 11) is 0. The van der Waals surface area contributed by atoms with Crippen LogP contribution in [0.25, 0.3) is 0 Å². The van der Waals surface area contributed by atoms with Crippen LogP contribution in [0, 0.1) is 0 Å². The molecule has 2 aliphatic heterocycles. The van der Waals surface area contributed by atoms with Gasteiger partial charge < -0.3 is 9.47 Å². The van der Waals surface area contributed by atoms with Gasteiger partial charge in [-0.15, -0.1) is 0 Å². The molecule has 1 saturated heterocycles. The minimum absolute atomic E-state index is 0.261. The Morgan fingerprint density at radius 2 is 1.48 bits per heavy atom. The van der Waals surface area contributed by atoms with Gasteiger partial charge in [0.05, 0.1) is 5.56 Å². The molecule has 1 fully saturated rings. The molecule has 0 N–H and O–H groups in total. The van der Waals surface area contributed by atoms with Crippen molar-refractivity contribution in [3.05, 3.63) is 59.2 Å². The number of alkyl halides is 3. The lowest BCUT2D eigenvalue weighted by Gasteiger charge is -2.35. The van der Waals surface area contributed by atoms with Crippen molar-refractivity contribution in [1.82, 2.24) is 9.80 Å². The largest absolute Gasteiger partial charge is 0.454 e. The lowest BCUT2D eigenvalue weighted by atomic mass is 10.1. The van der Waals surface area contributed by atoms with Crippen molar-refractivity contribution in [3.8, 4) is 11.5 Å². The van der Waals surface area contributed by atoms with Gasteiger partial charge in [0.2, 0.25) is 6.79 Å². The van der Waals surface area contributed by atoms with Crippen molar-refractivity contribution in [2.24, 2.45) is 0 Å². The van der Waals surface area contributed by atoms with Gasteiger partial charge in [-0.1, -0.05) is 24.3 Å². The van der Waals surface area contributed by atoms with Crippen LogP contribution in [0.1, 0.15) is 16.7 Å². The first-order chi connectivity index (χ1) is 13.0. The fourth-order valence-corrected chi connectivity index (χ4v) is 3.58. The highest BCUT2D eigenvalue weighted by atomic mass is 19.4. The molecule has 0 unspecified atom stereocenters. The number of hydrogen-bond donors (Lipinski definition) is 0. The molecule has 0 amide bonds. The third kappa shape index (κ3) is 4.20. The zero-order chi connectivity index (χ0) is 18.9. The lowest BCUT2D eigenvalue weighted by Crippen LogP contribution is -2.45. The van der Waals surface area contributed by atoms with Crippen molar-refractivity contribution in [2.45, 2.75) is 19.3 Å². The summed E-state index contributed by atoms with van der Waals surface area (Å²) >= 11 is 0. The molecule has 0 radical (unpaired) electrons. The highest BCUT2D eigenvalue weighted by Gasteiger charge is 2.33. The molecule has 2 heterocycles. The van der Waals surface area contributed by atoms with Gasteiger partial charge in [0.15, 0.2) is 11.5 Å². The molecule has 2 aromatic carbocycles. The summed E-state index contributed by atoms with van der Waals surface area (Å²) in [6.45, 7) is 4.52. The monoisotopic (exact) mass is 378 g/mol. The van der Waals surface area contributed by atoms with Gasteiger partial charge in [-0.25, -0.2) is 0 Å². The average molecular weight is 378 g/mol. The predicted octanol–water partition coefficient (Wildman–Crippen LogP) is 3.75. The zero-order valence-electron chi connectivity index (χ0n) is 14.8. The molecule has 4 rings (SSSR count). The maximum absolute atomic E-state index is 13.2. The van der Waals surface area contributed by atoms with Crippen LogP contribution < -0.4 is 9.47 Å². The summed E-state index contributed by atoms with van der Waals surface area (Å²) in [5.41, 5.74) is 0.956. The van der Waals surface area contributed by atoms with Crippen LogP contribution in [0.2, 0.25) is 0 Å². The summed E-state index contributed by atoms with van der Waals surface area (Å²) in [5.74, 6) is 1.54. The highest BCUT2D eigenvalue weighted by molar-refractivity contribution is 5.44. The van der Waals surface area contributed by atoms with Crippen molar-refractivity contribution < 1.29 is 22.6 Å². The Hall–Kier alpha value is -2.25. The molecule has 0 spiro atoms. The standard InChI is InChI=1S/C20H21F3N2O2/c21-20(22,23)17-4-2-1-3-16(17)13-25-9-7-24(8-10-25)12-15-5-6-18-19(11-15)27-14-26-18/h1-6,11H,7-10,12-14H2. The maximum atomic E-state index is 13.2. The number of hydrogen-bond acceptors (Lipinski definition) is 4. The van der Waals surface area contributed by atoms with Crippen LogP contribution in [0.4, 0.5) is 13.2 Å². The van der Waals surface area contributed by atoms with E-state index >= 15 is 0 Å². The quantitative estimate of drug-likeness (QED) is 0.809. The van der Waals surface area contributed by atoms with Gasteiger partial charge in [-0.2, -0.15) is 13.2 Å². The number of nitrogens with zero attached hydrogens (tertiary/aromatic N) is 2. The second kappa shape index (κ2) is 7.40. The van der Waals surface area contributed by atoms with Crippen molar-refractivity contribution in [3.63, 3.8) is 0 Å². The molecule has 0 bridgehead atoms. The molecule has 27 heavy (non-hydrogen) atoms. The molecule has 0 atom stereocenters. The number of piperazine rings is 1. The molecular weight excluding hydrogens is 357 g/mol. The predicted molar refractivity (Wildman–Crippen MR) is 94.6 cm³/mol. The van der Waals surface area contributed by atoms with Crippen LogP contribution in [0.3, 0.4) is 0 Å². The maximum Gasteiger partial charge on any atom is 0.416 e. The Balaban J connectivity index is 1.33. The van der Waals surface area contributed by atoms with Crippen LogP contribution >= 0.6 is 0 Å². The second-order valence-corrected chi connectivity index (χ2v) is 6.89. The van der Waals surface area contributed by atoms with Crippen molar-refractivity contribution in [2.75, 3.05) is 33.0 Å². The van der Waals surface area contributed by atoms with Crippen molar-refractivity contribution >= 4 is 0 Å². The number of ether oxygens (including phenoxy) is 2. The summed E-state index contributed by atoms with van der Waals surface area (Å²) in [4.78, 5) is 4.39. The van der Waals surface area contributed by atoms with E-state index in [1.807, 2.05) is 18.2 Å². The third-order valence-electron chi connectivity index (χ3n) is 5.02. The minimum atomic E-state index is -4.31. The Morgan fingerprint density at radius 3 is 2.22 bits per heavy atom. The van der Waals surface area contributed by atoms with Gasteiger partial charge >= 0.3 is 6.18 Å². The average Bonchev–Trinajstić information content (AvgIpc) is 3.11. The van der Waals surface area contributed by atoms with E-state index in [4.69, 9.17) is 9.47 Å². The number of benzene rings is 2. The lowest BCUT2D eigenvalue weighted by molar-refractivity contribution is -0.138. The fourth-order valence-electron chi connectivity index (χ4n) is 3.58. The Bertz CT molecular complexity index is 802. The molecular formula is C20H21F3N2O2. The van der Waals surface area contributed by atoms with E-state index in [0.29, 0.717) is 12.1 Å². The molecule has 0 aromatic heterocycles. The first-order valence-electron chi connectivity index (χ1n) is 8.97. The van der Waals surface area contributed by atoms with E-state index in [0.717, 1.165) is 55.9 Å². The van der Waals surface area contributed by atoms with Gasteiger partial charge in [0.1, 0.15) is 0 Å². The smallest absolute Gasteiger partial charge is 0.416 e. The second-order valence-electron chi connectivity index (χ2n) is 6.89. The normalized spacial score (nSPS) is 18.0. The summed E-state index contributed by atoms with van der Waals surface area (Å²) in [6.07, 6.45) is -4.31. The van der Waals surface area contributed by atoms with Crippen LogP contribution in [0.5, 0.6) is 11.5 Å². The van der Waals surface area contributed by atoms with Crippen LogP contribution in [-0.2, 0) is 19.3 Å². The SMILES string of the molecule is FC(F)(F)c1ccccc1CN1CCN(Cc2ccc3c(c2)OCO3)CC1. The van der Waals surface area contributed by atoms with Gasteiger partial charge in [0.25, 0.3) is 0 Å². The number of rotatable bonds is 4. The van der Waals surface area contributed by atoms with Crippen LogP contribution in [-0.4, -0.2) is 42.8 Å². The van der Waals surface area contributed by atoms with E-state index in [2.05, 4.69) is 9.80 Å². The van der Waals surface area contributed by atoms with E-state index in [-0.39, 0.29) is 6.79 Å². The van der Waals surface area contributed by atoms with Gasteiger partial charge in [-0.05, 0) is 29.3 Å². The topological polar surface area (TPSA) is 24.9 Å². The van der Waals surface area contributed by atoms with Gasteiger partial charge in [-0.3, -0.25) is 9.80 Å². The molecule has 0 aliphatic carbocycles. The molecule has 144 valence electrons. The summed E-state index contributed by atoms with van der Waals surface area (Å²) in [6, 6.07) is 11.8. The molecule has 2 aliphatic rings. The summed E-state index contributed by atoms with van der Waals surface area (Å²) in [5, 5.41) is 0. The highest BCUT2D eigenvalue weighted by Crippen LogP contribution is 2.34. The molecule has 0 saturated carbocycles. The first-order valence-corrected chi connectivity index (χ1v) is 8.97. The van der Waals surface area contributed by atoms with E-state index in [1.54, 1.807) is 12.1 Å². The minimum Gasteiger partial charge on any atom is -0.454 e. The number of fused-ring (bicyclic) bond motifs is 1. The van der Waals surface area contributed by atoms with E-state index < -0.39 is 11.7 Å². The molecule has 4 nitrogen and oxygen atoms in total. The molecule has 2 aromatic rings. The van der Waals surface area contributed by atoms with Gasteiger partial charge in [0, 0.05) is 39.3 Å². The first kappa shape index (κ1) is 18.1. The number of halogens is 3. The Kier molecular flexibility index (Phi) is 4.97. The van der Waals surface area contributed by atoms with Crippen molar-refractivity contribution in [1.29, 1.82) is 0 Å². The Morgan fingerprint density at radius 1 is 0.815 bits per heavy atom. The van der Waals surface area contributed by atoms with E-state index in [9.17, 15) is 13.2 Å². The fraction of sp³-hybridized carbons (Fsp3) is 0.400. The van der Waals surface area contributed by atoms with Crippen LogP contribution in [0.15, 0.2) is 42.5 Å². The third-order valence-corrected chi connectivity index (χ3v) is 5.02. The Labute approximate surface area is 156 Å². The summed E-state index contributed by atoms with van der Waals surface area (Å²) < 4.78 is 50.2.